The number of aromatic nitrogens is 1. The number of fused-ring (bicyclic) bond motifs is 1. The van der Waals surface area contributed by atoms with Gasteiger partial charge >= 0.3 is 0 Å². The monoisotopic (exact) mass is 469 g/mol. The Bertz CT molecular complexity index is 1100. The van der Waals surface area contributed by atoms with Gasteiger partial charge in [-0.3, -0.25) is 9.69 Å². The van der Waals surface area contributed by atoms with Crippen LogP contribution in [-0.2, 0) is 14.6 Å². The van der Waals surface area contributed by atoms with Gasteiger partial charge in [0, 0.05) is 13.1 Å². The first-order chi connectivity index (χ1) is 13.8. The second-order valence-electron chi connectivity index (χ2n) is 6.72. The molecule has 162 valence electrons. The van der Waals surface area contributed by atoms with Gasteiger partial charge in [0.1, 0.15) is 17.0 Å². The Labute approximate surface area is 186 Å². The van der Waals surface area contributed by atoms with Crippen molar-refractivity contribution in [2.24, 2.45) is 0 Å². The summed E-state index contributed by atoms with van der Waals surface area (Å²) in [5.41, 5.74) is 0.656. The molecule has 0 saturated heterocycles. The Morgan fingerprint density at radius 3 is 2.40 bits per heavy atom. The van der Waals surface area contributed by atoms with Crippen molar-refractivity contribution >= 4 is 54.8 Å². The van der Waals surface area contributed by atoms with Crippen LogP contribution in [0.5, 0.6) is 5.75 Å². The smallest absolute Gasteiger partial charge is 0.244 e. The maximum Gasteiger partial charge on any atom is 0.244 e. The molecule has 30 heavy (non-hydrogen) atoms. The molecule has 0 unspecified atom stereocenters. The number of sulfone groups is 1. The van der Waals surface area contributed by atoms with Crippen LogP contribution in [0.4, 0.5) is 5.13 Å². The highest BCUT2D eigenvalue weighted by atomic mass is 35.5. The fourth-order valence-corrected chi connectivity index (χ4v) is 5.02. The van der Waals surface area contributed by atoms with Gasteiger partial charge < -0.3 is 9.64 Å². The highest BCUT2D eigenvalue weighted by molar-refractivity contribution is 7.92. The number of amides is 1. The van der Waals surface area contributed by atoms with E-state index in [1.807, 2.05) is 31.1 Å². The lowest BCUT2D eigenvalue weighted by molar-refractivity contribution is -0.116. The number of methoxy groups -OCH3 is 1. The number of benzene rings is 2. The van der Waals surface area contributed by atoms with Crippen molar-refractivity contribution in [3.8, 4) is 5.75 Å². The van der Waals surface area contributed by atoms with Gasteiger partial charge in [-0.2, -0.15) is 0 Å². The van der Waals surface area contributed by atoms with Crippen LogP contribution in [-0.4, -0.2) is 64.3 Å². The number of hydrogen-bond acceptors (Lipinski definition) is 7. The maximum absolute atomic E-state index is 13.0. The molecule has 0 aliphatic rings. The van der Waals surface area contributed by atoms with Gasteiger partial charge in [-0.05, 0) is 38.4 Å². The molecule has 0 radical (unpaired) electrons. The number of hydrogen-bond donors (Lipinski definition) is 0. The fourth-order valence-electron chi connectivity index (χ4n) is 2.77. The minimum atomic E-state index is -3.75. The highest BCUT2D eigenvalue weighted by Gasteiger charge is 2.26. The Morgan fingerprint density at radius 2 is 1.77 bits per heavy atom. The average molecular weight is 470 g/mol. The van der Waals surface area contributed by atoms with Crippen molar-refractivity contribution in [1.29, 1.82) is 0 Å². The summed E-state index contributed by atoms with van der Waals surface area (Å²) in [6.07, 6.45) is 0. The van der Waals surface area contributed by atoms with E-state index in [-0.39, 0.29) is 17.3 Å². The van der Waals surface area contributed by atoms with E-state index in [0.29, 0.717) is 29.5 Å². The first kappa shape index (κ1) is 24.1. The van der Waals surface area contributed by atoms with E-state index in [0.717, 1.165) is 4.70 Å². The minimum absolute atomic E-state index is 0. The predicted molar refractivity (Wildman–Crippen MR) is 123 cm³/mol. The SMILES string of the molecule is COc1cccc2sc(N(CCN(C)C)C(=O)CS(=O)(=O)c3ccccc3)nc12.Cl. The largest absolute Gasteiger partial charge is 0.494 e. The molecule has 1 amide bonds. The zero-order valence-corrected chi connectivity index (χ0v) is 19.4. The third-order valence-electron chi connectivity index (χ3n) is 4.31. The summed E-state index contributed by atoms with van der Waals surface area (Å²) >= 11 is 1.34. The predicted octanol–water partition coefficient (Wildman–Crippen LogP) is 3.10. The second-order valence-corrected chi connectivity index (χ2v) is 9.72. The van der Waals surface area contributed by atoms with Crippen LogP contribution in [0, 0.1) is 0 Å². The highest BCUT2D eigenvalue weighted by Crippen LogP contribution is 2.34. The maximum atomic E-state index is 13.0. The van der Waals surface area contributed by atoms with Crippen LogP contribution in [0.2, 0.25) is 0 Å². The van der Waals surface area contributed by atoms with Gasteiger partial charge in [-0.15, -0.1) is 12.4 Å². The molecular formula is C20H24ClN3O4S2. The van der Waals surface area contributed by atoms with Gasteiger partial charge in [-0.1, -0.05) is 35.6 Å². The summed E-state index contributed by atoms with van der Waals surface area (Å²) < 4.78 is 31.6. The molecule has 0 aliphatic heterocycles. The van der Waals surface area contributed by atoms with Crippen LogP contribution < -0.4 is 9.64 Å². The molecule has 0 fully saturated rings. The molecule has 0 bridgehead atoms. The first-order valence-electron chi connectivity index (χ1n) is 8.98. The first-order valence-corrected chi connectivity index (χ1v) is 11.4. The Balaban J connectivity index is 0.00000320. The molecular weight excluding hydrogens is 446 g/mol. The standard InChI is InChI=1S/C20H23N3O4S2.ClH/c1-22(2)12-13-23(18(24)14-29(25,26)15-8-5-4-6-9-15)20-21-19-16(27-3)10-7-11-17(19)28-20;/h4-11H,12-14H2,1-3H3;1H. The van der Waals surface area contributed by atoms with Crippen LogP contribution in [0.15, 0.2) is 53.4 Å². The Hall–Kier alpha value is -2.20. The quantitative estimate of drug-likeness (QED) is 0.504. The molecule has 0 spiro atoms. The number of halogens is 1. The molecule has 3 rings (SSSR count). The average Bonchev–Trinajstić information content (AvgIpc) is 3.12. The molecule has 3 aromatic rings. The third-order valence-corrected chi connectivity index (χ3v) is 6.97. The van der Waals surface area contributed by atoms with Crippen molar-refractivity contribution in [1.82, 2.24) is 9.88 Å². The van der Waals surface area contributed by atoms with E-state index in [1.165, 1.54) is 28.4 Å². The van der Waals surface area contributed by atoms with Gasteiger partial charge in [0.25, 0.3) is 0 Å². The van der Waals surface area contributed by atoms with E-state index >= 15 is 0 Å². The van der Waals surface area contributed by atoms with Crippen molar-refractivity contribution in [2.45, 2.75) is 4.90 Å². The fraction of sp³-hybridized carbons (Fsp3) is 0.300. The lowest BCUT2D eigenvalue weighted by Crippen LogP contribution is -2.40. The normalized spacial score (nSPS) is 11.3. The summed E-state index contributed by atoms with van der Waals surface area (Å²) in [6.45, 7) is 0.905. The summed E-state index contributed by atoms with van der Waals surface area (Å²) in [5.74, 6) is -0.507. The van der Waals surface area contributed by atoms with E-state index < -0.39 is 21.5 Å². The van der Waals surface area contributed by atoms with Crippen molar-refractivity contribution in [3.63, 3.8) is 0 Å². The molecule has 10 heteroatoms. The topological polar surface area (TPSA) is 79.8 Å². The van der Waals surface area contributed by atoms with Gasteiger partial charge in [0.15, 0.2) is 15.0 Å². The molecule has 0 aliphatic carbocycles. The molecule has 0 N–H and O–H groups in total. The number of ether oxygens (including phenoxy) is 1. The van der Waals surface area contributed by atoms with Crippen molar-refractivity contribution in [2.75, 3.05) is 44.9 Å². The Morgan fingerprint density at radius 1 is 1.07 bits per heavy atom. The zero-order valence-electron chi connectivity index (χ0n) is 16.9. The number of thiazole rings is 1. The minimum Gasteiger partial charge on any atom is -0.494 e. The number of nitrogens with zero attached hydrogens (tertiary/aromatic N) is 3. The molecule has 2 aromatic carbocycles. The van der Waals surface area contributed by atoms with E-state index in [9.17, 15) is 13.2 Å². The van der Waals surface area contributed by atoms with E-state index in [1.54, 1.807) is 31.4 Å². The lowest BCUT2D eigenvalue weighted by Gasteiger charge is -2.22. The number of carbonyl (C=O) groups is 1. The van der Waals surface area contributed by atoms with Crippen LogP contribution in [0.1, 0.15) is 0 Å². The number of likely N-dealkylation sites (N-methyl/N-ethyl adjacent to an activating group) is 1. The Kier molecular flexibility index (Phi) is 8.19. The summed E-state index contributed by atoms with van der Waals surface area (Å²) in [6, 6.07) is 13.6. The molecule has 0 saturated carbocycles. The number of anilines is 1. The third kappa shape index (κ3) is 5.48. The van der Waals surface area contributed by atoms with Crippen LogP contribution in [0.3, 0.4) is 0 Å². The van der Waals surface area contributed by atoms with Crippen LogP contribution in [0.25, 0.3) is 10.2 Å². The molecule has 0 atom stereocenters. The summed E-state index contributed by atoms with van der Waals surface area (Å²) in [4.78, 5) is 21.1. The van der Waals surface area contributed by atoms with Crippen molar-refractivity contribution in [3.05, 3.63) is 48.5 Å². The molecule has 1 heterocycles. The molecule has 1 aromatic heterocycles. The number of rotatable bonds is 8. The molecule has 7 nitrogen and oxygen atoms in total. The van der Waals surface area contributed by atoms with E-state index in [2.05, 4.69) is 4.98 Å². The van der Waals surface area contributed by atoms with Gasteiger partial charge in [0.05, 0.1) is 16.7 Å². The van der Waals surface area contributed by atoms with Gasteiger partial charge in [-0.25, -0.2) is 13.4 Å². The summed E-state index contributed by atoms with van der Waals surface area (Å²) in [5, 5.41) is 0.458. The number of para-hydroxylation sites is 1. The number of carbonyl (C=O) groups excluding carboxylic acids is 1. The van der Waals surface area contributed by atoms with Crippen LogP contribution >= 0.6 is 23.7 Å². The summed E-state index contributed by atoms with van der Waals surface area (Å²) in [7, 11) is 1.61. The zero-order chi connectivity index (χ0) is 21.0. The lowest BCUT2D eigenvalue weighted by atomic mass is 10.3. The van der Waals surface area contributed by atoms with Gasteiger partial charge in [0.2, 0.25) is 5.91 Å². The van der Waals surface area contributed by atoms with E-state index in [4.69, 9.17) is 4.74 Å². The van der Waals surface area contributed by atoms with Crippen molar-refractivity contribution < 1.29 is 17.9 Å². The second kappa shape index (κ2) is 10.2.